The van der Waals surface area contributed by atoms with Gasteiger partial charge < -0.3 is 32.7 Å². The first-order valence-corrected chi connectivity index (χ1v) is 19.0. The minimum atomic E-state index is -1.76. The molecule has 1 aromatic heterocycles. The minimum absolute atomic E-state index is 0.0276. The summed E-state index contributed by atoms with van der Waals surface area (Å²) in [6, 6.07) is 28.8. The molecule has 3 heterocycles. The molecule has 54 heavy (non-hydrogen) atoms. The van der Waals surface area contributed by atoms with E-state index in [0.29, 0.717) is 11.5 Å². The maximum Gasteiger partial charge on any atom is 0.330 e. The lowest BCUT2D eigenvalue weighted by Gasteiger charge is -2.41. The number of nitrogens with one attached hydrogen (secondary N) is 1. The van der Waals surface area contributed by atoms with Gasteiger partial charge in [0.25, 0.3) is 14.1 Å². The van der Waals surface area contributed by atoms with Crippen LogP contribution in [0.2, 0.25) is 0 Å². The van der Waals surface area contributed by atoms with Crippen LogP contribution in [0.15, 0.2) is 101 Å². The fraction of sp³-hybridized carbons (Fsp3) is 0.425. The van der Waals surface area contributed by atoms with E-state index in [1.807, 2.05) is 78.9 Å². The number of ether oxygens (including phenoxy) is 5. The van der Waals surface area contributed by atoms with Crippen molar-refractivity contribution in [3.8, 4) is 17.6 Å². The predicted octanol–water partition coefficient (Wildman–Crippen LogP) is 5.89. The molecule has 5 atom stereocenters. The molecule has 2 bridgehead atoms. The fourth-order valence-electron chi connectivity index (χ4n) is 7.20. The second-order valence-corrected chi connectivity index (χ2v) is 15.1. The molecule has 0 aliphatic carbocycles. The van der Waals surface area contributed by atoms with E-state index in [4.69, 9.17) is 32.7 Å². The number of nitriles is 1. The van der Waals surface area contributed by atoms with Crippen LogP contribution in [0.5, 0.6) is 11.5 Å². The molecule has 2 aliphatic rings. The number of rotatable bonds is 17. The van der Waals surface area contributed by atoms with Gasteiger partial charge >= 0.3 is 5.69 Å². The minimum Gasteiger partial charge on any atom is -0.497 e. The zero-order valence-electron chi connectivity index (χ0n) is 31.3. The highest BCUT2D eigenvalue weighted by atomic mass is 31.2. The van der Waals surface area contributed by atoms with Crippen molar-refractivity contribution in [1.29, 1.82) is 5.26 Å². The molecule has 0 spiro atoms. The molecule has 0 radical (unpaired) electrons. The summed E-state index contributed by atoms with van der Waals surface area (Å²) in [6.07, 6.45) is -0.968. The third-order valence-corrected chi connectivity index (χ3v) is 11.8. The van der Waals surface area contributed by atoms with Crippen LogP contribution in [0.25, 0.3) is 0 Å². The molecule has 0 amide bonds. The Kier molecular flexibility index (Phi) is 12.4. The number of aromatic nitrogens is 2. The van der Waals surface area contributed by atoms with Gasteiger partial charge in [-0.15, -0.1) is 0 Å². The van der Waals surface area contributed by atoms with Gasteiger partial charge in [-0.2, -0.15) is 5.26 Å². The summed E-state index contributed by atoms with van der Waals surface area (Å²) < 4.78 is 48.5. The lowest BCUT2D eigenvalue weighted by atomic mass is 9.79. The number of H-pyrrole nitrogens is 1. The van der Waals surface area contributed by atoms with Gasteiger partial charge in [-0.3, -0.25) is 14.3 Å². The molecular weight excluding hydrogens is 711 g/mol. The second-order valence-electron chi connectivity index (χ2n) is 13.7. The Morgan fingerprint density at radius 2 is 1.52 bits per heavy atom. The highest BCUT2D eigenvalue weighted by molar-refractivity contribution is 7.44. The number of hydrogen-bond acceptors (Lipinski definition) is 11. The zero-order chi connectivity index (χ0) is 38.5. The largest absolute Gasteiger partial charge is 0.497 e. The molecule has 1 unspecified atom stereocenters. The molecule has 13 nitrogen and oxygen atoms in total. The summed E-state index contributed by atoms with van der Waals surface area (Å²) in [5.41, 5.74) is -1.13. The summed E-state index contributed by atoms with van der Waals surface area (Å²) in [6.45, 7) is 8.42. The van der Waals surface area contributed by atoms with E-state index in [2.05, 4.69) is 43.4 Å². The van der Waals surface area contributed by atoms with E-state index in [1.165, 1.54) is 16.8 Å². The topological polar surface area (TPSA) is 147 Å². The van der Waals surface area contributed by atoms with Crippen LogP contribution in [0.4, 0.5) is 0 Å². The number of fused-ring (bicyclic) bond motifs is 2. The molecule has 3 aromatic carbocycles. The summed E-state index contributed by atoms with van der Waals surface area (Å²) in [7, 11) is 1.48. The van der Waals surface area contributed by atoms with Crippen LogP contribution in [-0.4, -0.2) is 78.2 Å². The Morgan fingerprint density at radius 1 is 0.926 bits per heavy atom. The molecule has 14 heteroatoms. The first-order valence-electron chi connectivity index (χ1n) is 17.9. The second kappa shape index (κ2) is 17.0. The SMILES string of the molecule is COc1ccc(C(OC[C@]23CO[C@H]([C@H](n4ccc(=O)[nH]c4=O)O2)[C@H]3OP(OCCC#N)N(C(C)C)C(C)C)(c2ccccc2)c2ccc(OC)cc2)cc1. The number of nitrogens with zero attached hydrogens (tertiary/aromatic N) is 3. The van der Waals surface area contributed by atoms with Crippen molar-refractivity contribution in [2.75, 3.05) is 34.0 Å². The quantitative estimate of drug-likeness (QED) is 0.0782. The van der Waals surface area contributed by atoms with Crippen molar-refractivity contribution in [1.82, 2.24) is 14.2 Å². The molecule has 2 aliphatic heterocycles. The standard InChI is InChI=1S/C40H47N4O9P/c1-27(2)44(28(3)4)54(51-24-10-22-41)53-36-35-37(43-23-21-34(45)42-38(43)46)52-39(36,25-49-35)26-50-40(29-11-8-7-9-12-29,30-13-17-32(47-5)18-14-30)31-15-19-33(48-6)20-16-31/h7-9,11-21,23,27-28,35-37H,10,24-26H2,1-6H3,(H,42,45,46)/t35-,36+,37+,39-,54?/m0/s1. The van der Waals surface area contributed by atoms with Crippen molar-refractivity contribution >= 4 is 8.53 Å². The summed E-state index contributed by atoms with van der Waals surface area (Å²) in [4.78, 5) is 27.6. The number of hydrogen-bond donors (Lipinski definition) is 1. The van der Waals surface area contributed by atoms with E-state index >= 15 is 0 Å². The van der Waals surface area contributed by atoms with Crippen molar-refractivity contribution in [3.05, 3.63) is 129 Å². The Balaban J connectivity index is 1.48. The van der Waals surface area contributed by atoms with Gasteiger partial charge in [-0.1, -0.05) is 54.6 Å². The first kappa shape index (κ1) is 39.3. The number of methoxy groups -OCH3 is 2. The Morgan fingerprint density at radius 3 is 2.06 bits per heavy atom. The Hall–Kier alpha value is -4.38. The van der Waals surface area contributed by atoms with Gasteiger partial charge in [-0.05, 0) is 68.7 Å². The molecule has 1 N–H and O–H groups in total. The van der Waals surface area contributed by atoms with E-state index < -0.39 is 49.4 Å². The lowest BCUT2D eigenvalue weighted by Crippen LogP contribution is -2.49. The van der Waals surface area contributed by atoms with Crippen LogP contribution in [0, 0.1) is 11.3 Å². The monoisotopic (exact) mass is 758 g/mol. The zero-order valence-corrected chi connectivity index (χ0v) is 32.2. The average molecular weight is 759 g/mol. The van der Waals surface area contributed by atoms with E-state index in [1.54, 1.807) is 14.2 Å². The van der Waals surface area contributed by atoms with E-state index in [0.717, 1.165) is 16.7 Å². The van der Waals surface area contributed by atoms with Gasteiger partial charge in [0.05, 0.1) is 46.5 Å². The van der Waals surface area contributed by atoms with Crippen molar-refractivity contribution in [2.45, 2.75) is 75.8 Å². The molecule has 286 valence electrons. The van der Waals surface area contributed by atoms with Crippen LogP contribution in [0.1, 0.15) is 57.0 Å². The normalized spacial score (nSPS) is 21.4. The van der Waals surface area contributed by atoms with E-state index in [-0.39, 0.29) is 38.3 Å². The fourth-order valence-corrected chi connectivity index (χ4v) is 9.01. The predicted molar refractivity (Wildman–Crippen MR) is 202 cm³/mol. The molecule has 2 fully saturated rings. The number of aromatic amines is 1. The van der Waals surface area contributed by atoms with Gasteiger partial charge in [0.1, 0.15) is 34.9 Å². The van der Waals surface area contributed by atoms with Crippen molar-refractivity contribution < 1.29 is 32.7 Å². The third-order valence-electron chi connectivity index (χ3n) is 9.67. The number of benzene rings is 3. The summed E-state index contributed by atoms with van der Waals surface area (Å²) >= 11 is 0. The van der Waals surface area contributed by atoms with Crippen LogP contribution in [0.3, 0.4) is 0 Å². The molecule has 0 saturated carbocycles. The molecule has 4 aromatic rings. The van der Waals surface area contributed by atoms with Gasteiger partial charge in [-0.25, -0.2) is 9.46 Å². The van der Waals surface area contributed by atoms with E-state index in [9.17, 15) is 14.9 Å². The summed E-state index contributed by atoms with van der Waals surface area (Å²) in [5, 5.41) is 9.34. The van der Waals surface area contributed by atoms with Crippen molar-refractivity contribution in [3.63, 3.8) is 0 Å². The Bertz CT molecular complexity index is 1940. The van der Waals surface area contributed by atoms with Crippen molar-refractivity contribution in [2.24, 2.45) is 0 Å². The average Bonchev–Trinajstić information content (AvgIpc) is 3.66. The molecular formula is C40H47N4O9P. The Labute approximate surface area is 316 Å². The van der Waals surface area contributed by atoms with Crippen LogP contribution in [-0.2, 0) is 28.9 Å². The highest BCUT2D eigenvalue weighted by Gasteiger charge is 2.65. The first-order chi connectivity index (χ1) is 26.1. The van der Waals surface area contributed by atoms with Crippen LogP contribution >= 0.6 is 8.53 Å². The lowest BCUT2D eigenvalue weighted by molar-refractivity contribution is -0.203. The molecule has 6 rings (SSSR count). The van der Waals surface area contributed by atoms with Gasteiger partial charge in [0.2, 0.25) is 0 Å². The van der Waals surface area contributed by atoms with Gasteiger partial charge in [0, 0.05) is 24.3 Å². The smallest absolute Gasteiger partial charge is 0.330 e. The maximum absolute atomic E-state index is 13.2. The van der Waals surface area contributed by atoms with Crippen LogP contribution < -0.4 is 20.7 Å². The third kappa shape index (κ3) is 7.74. The van der Waals surface area contributed by atoms with Gasteiger partial charge in [0.15, 0.2) is 6.23 Å². The highest BCUT2D eigenvalue weighted by Crippen LogP contribution is 2.56. The maximum atomic E-state index is 13.2. The molecule has 2 saturated heterocycles. The summed E-state index contributed by atoms with van der Waals surface area (Å²) in [5.74, 6) is 1.37.